The Morgan fingerprint density at radius 1 is 0.947 bits per heavy atom. The minimum atomic E-state index is -0.616. The van der Waals surface area contributed by atoms with Crippen molar-refractivity contribution in [2.75, 3.05) is 6.61 Å². The van der Waals surface area contributed by atoms with Gasteiger partial charge in [0.2, 0.25) is 0 Å². The number of benzene rings is 2. The molecule has 6 heteroatoms. The molecular weight excluding hydrogens is 496 g/mol. The van der Waals surface area contributed by atoms with Crippen LogP contribution >= 0.6 is 11.6 Å². The molecule has 0 amide bonds. The van der Waals surface area contributed by atoms with E-state index in [-0.39, 0.29) is 12.6 Å². The number of halogens is 1. The van der Waals surface area contributed by atoms with Crippen LogP contribution in [0.15, 0.2) is 66.9 Å². The Balaban J connectivity index is 1.93. The monoisotopic (exact) mass is 530 g/mol. The summed E-state index contributed by atoms with van der Waals surface area (Å²) in [5.74, 6) is -0.270. The van der Waals surface area contributed by atoms with E-state index < -0.39 is 17.1 Å². The van der Waals surface area contributed by atoms with Crippen molar-refractivity contribution in [1.29, 1.82) is 0 Å². The highest BCUT2D eigenvalue weighted by atomic mass is 35.5. The van der Waals surface area contributed by atoms with Crippen molar-refractivity contribution < 1.29 is 14.3 Å². The molecule has 2 aromatic heterocycles. The van der Waals surface area contributed by atoms with Crippen LogP contribution in [0.5, 0.6) is 0 Å². The molecule has 0 unspecified atom stereocenters. The van der Waals surface area contributed by atoms with Crippen molar-refractivity contribution in [2.45, 2.75) is 60.2 Å². The normalized spacial score (nSPS) is 12.9. The maximum atomic E-state index is 12.7. The zero-order valence-electron chi connectivity index (χ0n) is 23.1. The number of nitrogens with zero attached hydrogens (tertiary/aromatic N) is 2. The smallest absolute Gasteiger partial charge is 0.311 e. The number of aromatic nitrogens is 2. The average molecular weight is 531 g/mol. The molecule has 5 nitrogen and oxygen atoms in total. The highest BCUT2D eigenvalue weighted by Crippen LogP contribution is 2.41. The standard InChI is InChI=1S/C32H35ClN2O3/c1-20-18-26-23(15-16-25(35-26)24-10-8-9-17-34-24)29(21-11-13-22(33)14-12-21)28(20)27(38-32(5,6)7)19-37-30(36)31(2,3)4/h8-18,27H,19H2,1-7H3/t27-/m1/s1. The molecule has 0 fully saturated rings. The largest absolute Gasteiger partial charge is 0.462 e. The van der Waals surface area contributed by atoms with E-state index in [9.17, 15) is 4.79 Å². The second kappa shape index (κ2) is 10.8. The molecule has 0 radical (unpaired) electrons. The molecule has 4 rings (SSSR count). The zero-order chi connectivity index (χ0) is 27.7. The van der Waals surface area contributed by atoms with Gasteiger partial charge in [-0.05, 0) is 113 Å². The minimum absolute atomic E-state index is 0.0970. The lowest BCUT2D eigenvalue weighted by Crippen LogP contribution is -2.30. The topological polar surface area (TPSA) is 61.3 Å². The van der Waals surface area contributed by atoms with E-state index in [1.807, 2.05) is 97.0 Å². The van der Waals surface area contributed by atoms with E-state index in [2.05, 4.69) is 17.1 Å². The maximum absolute atomic E-state index is 12.7. The Labute approximate surface area is 230 Å². The molecule has 38 heavy (non-hydrogen) atoms. The first-order chi connectivity index (χ1) is 17.8. The summed E-state index contributed by atoms with van der Waals surface area (Å²) in [6.45, 7) is 13.7. The molecular formula is C32H35ClN2O3. The number of pyridine rings is 2. The molecule has 0 aliphatic carbocycles. The predicted octanol–water partition coefficient (Wildman–Crippen LogP) is 8.37. The van der Waals surface area contributed by atoms with Crippen LogP contribution in [-0.2, 0) is 14.3 Å². The van der Waals surface area contributed by atoms with Gasteiger partial charge in [0.05, 0.1) is 27.9 Å². The molecule has 0 N–H and O–H groups in total. The van der Waals surface area contributed by atoms with Gasteiger partial charge in [0.25, 0.3) is 0 Å². The number of esters is 1. The predicted molar refractivity (Wildman–Crippen MR) is 154 cm³/mol. The van der Waals surface area contributed by atoms with E-state index in [0.29, 0.717) is 5.02 Å². The summed E-state index contributed by atoms with van der Waals surface area (Å²) in [6, 6.07) is 19.7. The molecule has 4 aromatic rings. The fourth-order valence-electron chi connectivity index (χ4n) is 4.39. The molecule has 0 aliphatic heterocycles. The van der Waals surface area contributed by atoms with Crippen molar-refractivity contribution in [3.8, 4) is 22.5 Å². The molecule has 2 aromatic carbocycles. The highest BCUT2D eigenvalue weighted by molar-refractivity contribution is 6.30. The summed E-state index contributed by atoms with van der Waals surface area (Å²) in [4.78, 5) is 22.2. The Morgan fingerprint density at radius 2 is 1.66 bits per heavy atom. The number of carbonyl (C=O) groups excluding carboxylic acids is 1. The van der Waals surface area contributed by atoms with Crippen molar-refractivity contribution >= 4 is 28.5 Å². The molecule has 0 spiro atoms. The van der Waals surface area contributed by atoms with Crippen LogP contribution in [0, 0.1) is 12.3 Å². The van der Waals surface area contributed by atoms with Crippen LogP contribution in [0.4, 0.5) is 0 Å². The quantitative estimate of drug-likeness (QED) is 0.234. The van der Waals surface area contributed by atoms with Crippen molar-refractivity contribution in [3.05, 3.63) is 83.0 Å². The van der Waals surface area contributed by atoms with Crippen LogP contribution < -0.4 is 0 Å². The number of hydrogen-bond donors (Lipinski definition) is 0. The lowest BCUT2D eigenvalue weighted by Gasteiger charge is -2.31. The van der Waals surface area contributed by atoms with Gasteiger partial charge >= 0.3 is 5.97 Å². The van der Waals surface area contributed by atoms with Crippen molar-refractivity contribution in [2.24, 2.45) is 5.41 Å². The lowest BCUT2D eigenvalue weighted by atomic mass is 9.88. The molecule has 0 saturated heterocycles. The first-order valence-electron chi connectivity index (χ1n) is 12.8. The second-order valence-electron chi connectivity index (χ2n) is 11.5. The molecule has 1 atom stereocenters. The number of fused-ring (bicyclic) bond motifs is 1. The molecule has 0 saturated carbocycles. The van der Waals surface area contributed by atoms with E-state index in [0.717, 1.165) is 44.5 Å². The average Bonchev–Trinajstić information content (AvgIpc) is 2.85. The van der Waals surface area contributed by atoms with Crippen LogP contribution in [0.2, 0.25) is 5.02 Å². The van der Waals surface area contributed by atoms with Crippen molar-refractivity contribution in [1.82, 2.24) is 9.97 Å². The minimum Gasteiger partial charge on any atom is -0.462 e. The van der Waals surface area contributed by atoms with Crippen LogP contribution in [-0.4, -0.2) is 28.1 Å². The number of hydrogen-bond acceptors (Lipinski definition) is 5. The summed E-state index contributed by atoms with van der Waals surface area (Å²) in [7, 11) is 0. The van der Waals surface area contributed by atoms with Gasteiger partial charge in [-0.15, -0.1) is 0 Å². The van der Waals surface area contributed by atoms with Crippen LogP contribution in [0.25, 0.3) is 33.4 Å². The van der Waals surface area contributed by atoms with Gasteiger partial charge in [0, 0.05) is 16.6 Å². The van der Waals surface area contributed by atoms with Crippen LogP contribution in [0.1, 0.15) is 58.8 Å². The third kappa shape index (κ3) is 6.40. The van der Waals surface area contributed by atoms with Gasteiger partial charge in [-0.2, -0.15) is 0 Å². The number of aryl methyl sites for hydroxylation is 1. The SMILES string of the molecule is Cc1cc2nc(-c3ccccn3)ccc2c(-c2ccc(Cl)cc2)c1[C@@H](COC(=O)C(C)(C)C)OC(C)(C)C. The van der Waals surface area contributed by atoms with Gasteiger partial charge in [-0.1, -0.05) is 29.8 Å². The molecule has 198 valence electrons. The summed E-state index contributed by atoms with van der Waals surface area (Å²) in [6.07, 6.45) is 1.27. The third-order valence-corrected chi connectivity index (χ3v) is 6.35. The van der Waals surface area contributed by atoms with Gasteiger partial charge in [0.1, 0.15) is 12.7 Å². The summed E-state index contributed by atoms with van der Waals surface area (Å²) in [5, 5.41) is 1.63. The van der Waals surface area contributed by atoms with E-state index in [4.69, 9.17) is 26.1 Å². The first-order valence-corrected chi connectivity index (χ1v) is 13.2. The summed E-state index contributed by atoms with van der Waals surface area (Å²) >= 11 is 6.25. The fraction of sp³-hybridized carbons (Fsp3) is 0.344. The van der Waals surface area contributed by atoms with E-state index in [1.165, 1.54) is 0 Å². The first kappa shape index (κ1) is 27.7. The lowest BCUT2D eigenvalue weighted by molar-refractivity contribution is -0.162. The number of rotatable bonds is 6. The Morgan fingerprint density at radius 3 is 2.26 bits per heavy atom. The zero-order valence-corrected chi connectivity index (χ0v) is 23.9. The van der Waals surface area contributed by atoms with E-state index in [1.54, 1.807) is 6.20 Å². The number of ether oxygens (including phenoxy) is 2. The van der Waals surface area contributed by atoms with Gasteiger partial charge in [-0.3, -0.25) is 9.78 Å². The van der Waals surface area contributed by atoms with E-state index >= 15 is 0 Å². The third-order valence-electron chi connectivity index (χ3n) is 6.10. The molecule has 2 heterocycles. The number of carbonyl (C=O) groups is 1. The molecule has 0 bridgehead atoms. The Hall–Kier alpha value is -3.28. The van der Waals surface area contributed by atoms with Gasteiger partial charge in [0.15, 0.2) is 0 Å². The van der Waals surface area contributed by atoms with Crippen LogP contribution in [0.3, 0.4) is 0 Å². The summed E-state index contributed by atoms with van der Waals surface area (Å²) < 4.78 is 12.4. The fourth-order valence-corrected chi connectivity index (χ4v) is 4.52. The molecule has 0 aliphatic rings. The second-order valence-corrected chi connectivity index (χ2v) is 12.0. The Kier molecular flexibility index (Phi) is 7.91. The Bertz CT molecular complexity index is 1440. The van der Waals surface area contributed by atoms with Crippen molar-refractivity contribution in [3.63, 3.8) is 0 Å². The van der Waals surface area contributed by atoms with Gasteiger partial charge < -0.3 is 9.47 Å². The highest BCUT2D eigenvalue weighted by Gasteiger charge is 2.30. The maximum Gasteiger partial charge on any atom is 0.311 e. The van der Waals surface area contributed by atoms with Gasteiger partial charge in [-0.25, -0.2) is 4.98 Å². The summed E-state index contributed by atoms with van der Waals surface area (Å²) in [5.41, 5.74) is 5.29.